The number of anilines is 1. The molecule has 0 saturated heterocycles. The molecule has 2 aliphatic rings. The van der Waals surface area contributed by atoms with E-state index in [1.807, 2.05) is 17.5 Å². The van der Waals surface area contributed by atoms with Crippen molar-refractivity contribution < 1.29 is 33.2 Å². The number of esters is 2. The first kappa shape index (κ1) is 29.6. The van der Waals surface area contributed by atoms with Gasteiger partial charge in [0.1, 0.15) is 17.6 Å². The van der Waals surface area contributed by atoms with Crippen LogP contribution in [-0.4, -0.2) is 35.9 Å². The Balaban J connectivity index is 1.81. The Morgan fingerprint density at radius 2 is 1.81 bits per heavy atom. The second-order valence-corrected chi connectivity index (χ2v) is 10.9. The highest BCUT2D eigenvalue weighted by molar-refractivity contribution is 7.10. The van der Waals surface area contributed by atoms with Crippen LogP contribution in [-0.2, 0) is 23.9 Å². The van der Waals surface area contributed by atoms with Crippen LogP contribution in [0.25, 0.3) is 0 Å². The minimum Gasteiger partial charge on any atom is -0.465 e. The van der Waals surface area contributed by atoms with E-state index < -0.39 is 46.2 Å². The molecule has 0 unspecified atom stereocenters. The first-order valence-electron chi connectivity index (χ1n) is 13.6. The smallest absolute Gasteiger partial charge is 0.338 e. The van der Waals surface area contributed by atoms with E-state index in [0.29, 0.717) is 11.4 Å². The number of nitro benzene ring substituents is 1. The fraction of sp³-hybridized carbons (Fsp3) is 0.258. The minimum atomic E-state index is -1.24. The van der Waals surface area contributed by atoms with Crippen molar-refractivity contribution in [2.45, 2.75) is 32.1 Å². The van der Waals surface area contributed by atoms with Crippen LogP contribution in [0.1, 0.15) is 42.5 Å². The molecular weight excluding hydrogens is 577 g/mol. The maximum absolute atomic E-state index is 14.6. The first-order valence-corrected chi connectivity index (χ1v) is 14.5. The SMILES string of the molecule is CCOC(=O)C1=C(N)N(c2ccc([N+](=O)[O-])cc2)C2=C(C(=O)[C@H](C(=O)OCC)[C@@H](c3cccs3)C2)[C@@H]1c1cccc(F)c1. The summed E-state index contributed by atoms with van der Waals surface area (Å²) in [4.78, 5) is 54.7. The number of ketones is 1. The van der Waals surface area contributed by atoms with Crippen molar-refractivity contribution in [3.8, 4) is 0 Å². The highest BCUT2D eigenvalue weighted by atomic mass is 32.1. The van der Waals surface area contributed by atoms with E-state index in [0.717, 1.165) is 4.88 Å². The van der Waals surface area contributed by atoms with Gasteiger partial charge in [-0.3, -0.25) is 24.6 Å². The van der Waals surface area contributed by atoms with Crippen LogP contribution in [0.15, 0.2) is 88.7 Å². The molecule has 1 aliphatic carbocycles. The van der Waals surface area contributed by atoms with Crippen LogP contribution in [0.2, 0.25) is 0 Å². The molecule has 2 aromatic carbocycles. The Bertz CT molecular complexity index is 1650. The lowest BCUT2D eigenvalue weighted by Crippen LogP contribution is -2.46. The maximum Gasteiger partial charge on any atom is 0.338 e. The number of allylic oxidation sites excluding steroid dienone is 2. The summed E-state index contributed by atoms with van der Waals surface area (Å²) in [7, 11) is 0. The van der Waals surface area contributed by atoms with Gasteiger partial charge >= 0.3 is 11.9 Å². The molecule has 0 spiro atoms. The van der Waals surface area contributed by atoms with Crippen molar-refractivity contribution in [2.75, 3.05) is 18.1 Å². The van der Waals surface area contributed by atoms with E-state index >= 15 is 0 Å². The topological polar surface area (TPSA) is 142 Å². The van der Waals surface area contributed by atoms with Gasteiger partial charge in [0.15, 0.2) is 5.78 Å². The van der Waals surface area contributed by atoms with Crippen molar-refractivity contribution in [3.05, 3.63) is 115 Å². The van der Waals surface area contributed by atoms with Gasteiger partial charge < -0.3 is 15.2 Å². The van der Waals surface area contributed by atoms with Crippen molar-refractivity contribution in [1.29, 1.82) is 0 Å². The van der Waals surface area contributed by atoms with Gasteiger partial charge in [0, 0.05) is 39.9 Å². The van der Waals surface area contributed by atoms with E-state index in [1.54, 1.807) is 19.9 Å². The fourth-order valence-corrected chi connectivity index (χ4v) is 6.61. The number of thiophene rings is 1. The van der Waals surface area contributed by atoms with E-state index in [2.05, 4.69) is 0 Å². The number of nitro groups is 1. The quantitative estimate of drug-likeness (QED) is 0.156. The van der Waals surface area contributed by atoms with E-state index in [9.17, 15) is 28.9 Å². The van der Waals surface area contributed by atoms with Gasteiger partial charge in [0.2, 0.25) is 0 Å². The van der Waals surface area contributed by atoms with Crippen LogP contribution in [0.5, 0.6) is 0 Å². The molecule has 1 aliphatic heterocycles. The van der Waals surface area contributed by atoms with Crippen molar-refractivity contribution in [3.63, 3.8) is 0 Å². The standard InChI is InChI=1S/C31H28FN3O7S/c1-3-41-30(37)25-21(23-9-6-14-43-23)16-22-26(28(25)36)24(17-7-5-8-18(32)15-17)27(31(38)42-4-2)29(33)34(22)19-10-12-20(13-11-19)35(39)40/h5-15,21,24-25H,3-4,16,33H2,1-2H3/t21-,24+,25-/m1/s1. The summed E-state index contributed by atoms with van der Waals surface area (Å²) < 4.78 is 25.3. The number of carbonyl (C=O) groups excluding carboxylic acids is 3. The van der Waals surface area contributed by atoms with Crippen LogP contribution in [0.3, 0.4) is 0 Å². The number of rotatable bonds is 8. The number of halogens is 1. The molecule has 3 aromatic rings. The number of benzene rings is 2. The lowest BCUT2D eigenvalue weighted by atomic mass is 9.68. The fourth-order valence-electron chi connectivity index (χ4n) is 5.75. The second kappa shape index (κ2) is 12.2. The number of Topliss-reactive ketones (excluding diaryl/α,β-unsaturated/α-hetero) is 1. The van der Waals surface area contributed by atoms with Crippen LogP contribution in [0, 0.1) is 21.8 Å². The molecule has 0 amide bonds. The molecule has 0 fully saturated rings. The summed E-state index contributed by atoms with van der Waals surface area (Å²) in [5.74, 6) is -5.83. The van der Waals surface area contributed by atoms with Gasteiger partial charge in [-0.2, -0.15) is 0 Å². The minimum absolute atomic E-state index is 0.00519. The number of carbonyl (C=O) groups is 3. The van der Waals surface area contributed by atoms with Crippen LogP contribution in [0.4, 0.5) is 15.8 Å². The van der Waals surface area contributed by atoms with Crippen molar-refractivity contribution >= 4 is 40.4 Å². The number of hydrogen-bond donors (Lipinski definition) is 1. The summed E-state index contributed by atoms with van der Waals surface area (Å²) in [6.07, 6.45) is 0.130. The van der Waals surface area contributed by atoms with E-state index in [4.69, 9.17) is 15.2 Å². The third kappa shape index (κ3) is 5.41. The lowest BCUT2D eigenvalue weighted by Gasteiger charge is -2.43. The number of ether oxygens (including phenoxy) is 2. The highest BCUT2D eigenvalue weighted by Gasteiger charge is 2.51. The Hall–Kier alpha value is -4.84. The molecule has 3 atom stereocenters. The van der Waals surface area contributed by atoms with Gasteiger partial charge in [-0.15, -0.1) is 11.3 Å². The summed E-state index contributed by atoms with van der Waals surface area (Å²) in [5.41, 5.74) is 7.55. The highest BCUT2D eigenvalue weighted by Crippen LogP contribution is 2.52. The van der Waals surface area contributed by atoms with Gasteiger partial charge in [0.25, 0.3) is 5.69 Å². The molecular formula is C31H28FN3O7S. The van der Waals surface area contributed by atoms with Gasteiger partial charge in [-0.1, -0.05) is 18.2 Å². The molecule has 10 nitrogen and oxygen atoms in total. The molecule has 0 bridgehead atoms. The lowest BCUT2D eigenvalue weighted by molar-refractivity contribution is -0.384. The van der Waals surface area contributed by atoms with Crippen LogP contribution >= 0.6 is 11.3 Å². The van der Waals surface area contributed by atoms with Gasteiger partial charge in [-0.25, -0.2) is 9.18 Å². The molecule has 0 saturated carbocycles. The second-order valence-electron chi connectivity index (χ2n) is 9.90. The van der Waals surface area contributed by atoms with E-state index in [-0.39, 0.29) is 47.9 Å². The summed E-state index contributed by atoms with van der Waals surface area (Å²) in [6, 6.07) is 14.6. The Kier molecular flexibility index (Phi) is 8.40. The van der Waals surface area contributed by atoms with Crippen LogP contribution < -0.4 is 10.6 Å². The van der Waals surface area contributed by atoms with Crippen molar-refractivity contribution in [1.82, 2.24) is 0 Å². The average molecular weight is 606 g/mol. The number of nitrogens with two attached hydrogens (primary N) is 1. The zero-order valence-corrected chi connectivity index (χ0v) is 24.1. The zero-order chi connectivity index (χ0) is 30.8. The zero-order valence-electron chi connectivity index (χ0n) is 23.3. The third-order valence-electron chi connectivity index (χ3n) is 7.48. The number of hydrogen-bond acceptors (Lipinski definition) is 10. The number of non-ortho nitro benzene ring substituents is 1. The Morgan fingerprint density at radius 1 is 1.09 bits per heavy atom. The first-order chi connectivity index (χ1) is 20.7. The molecule has 0 radical (unpaired) electrons. The predicted molar refractivity (Wildman–Crippen MR) is 156 cm³/mol. The van der Waals surface area contributed by atoms with Gasteiger partial charge in [-0.05, 0) is 61.5 Å². The van der Waals surface area contributed by atoms with Crippen molar-refractivity contribution in [2.24, 2.45) is 11.7 Å². The van der Waals surface area contributed by atoms with E-state index in [1.165, 1.54) is 58.7 Å². The molecule has 12 heteroatoms. The predicted octanol–water partition coefficient (Wildman–Crippen LogP) is 5.32. The largest absolute Gasteiger partial charge is 0.465 e. The molecule has 43 heavy (non-hydrogen) atoms. The average Bonchev–Trinajstić information content (AvgIpc) is 3.52. The molecule has 2 N–H and O–H groups in total. The Morgan fingerprint density at radius 3 is 2.42 bits per heavy atom. The molecule has 222 valence electrons. The molecule has 5 rings (SSSR count). The summed E-state index contributed by atoms with van der Waals surface area (Å²) in [5, 5.41) is 13.2. The summed E-state index contributed by atoms with van der Waals surface area (Å²) in [6.45, 7) is 3.30. The Labute approximate surface area is 250 Å². The molecule has 2 heterocycles. The maximum atomic E-state index is 14.6. The monoisotopic (exact) mass is 605 g/mol. The third-order valence-corrected chi connectivity index (χ3v) is 8.49. The number of nitrogens with zero attached hydrogens (tertiary/aromatic N) is 2. The summed E-state index contributed by atoms with van der Waals surface area (Å²) >= 11 is 1.38. The normalized spacial score (nSPS) is 20.1. The molecule has 1 aromatic heterocycles. The van der Waals surface area contributed by atoms with Gasteiger partial charge in [0.05, 0.1) is 29.6 Å².